The molecule has 2 heterocycles. The van der Waals surface area contributed by atoms with Gasteiger partial charge in [0.15, 0.2) is 0 Å². The zero-order valence-electron chi connectivity index (χ0n) is 23.2. The van der Waals surface area contributed by atoms with Gasteiger partial charge in [0.1, 0.15) is 12.1 Å². The van der Waals surface area contributed by atoms with Crippen LogP contribution in [0.3, 0.4) is 0 Å². The predicted molar refractivity (Wildman–Crippen MR) is 168 cm³/mol. The summed E-state index contributed by atoms with van der Waals surface area (Å²) in [6.07, 6.45) is 4.55. The summed E-state index contributed by atoms with van der Waals surface area (Å²) in [7, 11) is -4.28. The van der Waals surface area contributed by atoms with E-state index in [1.807, 2.05) is 60.7 Å². The lowest BCUT2D eigenvalue weighted by atomic mass is 9.94. The Labute approximate surface area is 251 Å². The highest BCUT2D eigenvalue weighted by Gasteiger charge is 2.31. The Balaban J connectivity index is 1.28. The predicted octanol–water partition coefficient (Wildman–Crippen LogP) is 4.49. The van der Waals surface area contributed by atoms with Crippen LogP contribution in [0.2, 0.25) is 0 Å². The second-order valence-corrected chi connectivity index (χ2v) is 12.5. The minimum absolute atomic E-state index is 0.0166. The second-order valence-electron chi connectivity index (χ2n) is 10.8. The molecular weight excluding hydrogens is 578 g/mol. The number of sulfonamides is 1. The Bertz CT molecular complexity index is 2260. The number of aromatic nitrogens is 3. The first-order chi connectivity index (χ1) is 21.3. The third-order valence-corrected chi connectivity index (χ3v) is 9.61. The Morgan fingerprint density at radius 2 is 1.52 bits per heavy atom. The standard InChI is InChI=1S/C33H27N5O5S/c39-32(37-28(33(40)41)15-23-17-34-18-36-23)27(14-22-16-35-26-7-2-1-6-24(22)26)38-44(42,43)29-13-11-21-9-8-19-4-3-5-20-10-12-25(29)31(21)30(19)20/h1-13,16-18,27-28,35,38H,14-15H2,(H,34,36)(H,37,39)(H,40,41)/t27-,28-/m0/s1. The minimum Gasteiger partial charge on any atom is -0.480 e. The Hall–Kier alpha value is -5.26. The molecule has 1 amide bonds. The van der Waals surface area contributed by atoms with E-state index in [1.54, 1.807) is 24.4 Å². The van der Waals surface area contributed by atoms with E-state index in [9.17, 15) is 23.1 Å². The molecule has 10 nitrogen and oxygen atoms in total. The lowest BCUT2D eigenvalue weighted by Crippen LogP contribution is -2.53. The van der Waals surface area contributed by atoms with Gasteiger partial charge in [-0.15, -0.1) is 0 Å². The summed E-state index contributed by atoms with van der Waals surface area (Å²) < 4.78 is 30.9. The first-order valence-corrected chi connectivity index (χ1v) is 15.5. The van der Waals surface area contributed by atoms with E-state index < -0.39 is 34.0 Å². The van der Waals surface area contributed by atoms with Gasteiger partial charge >= 0.3 is 5.97 Å². The van der Waals surface area contributed by atoms with E-state index in [4.69, 9.17) is 0 Å². The highest BCUT2D eigenvalue weighted by atomic mass is 32.2. The fraction of sp³-hybridized carbons (Fsp3) is 0.121. The number of aromatic amines is 2. The molecule has 0 spiro atoms. The third kappa shape index (κ3) is 4.91. The van der Waals surface area contributed by atoms with Crippen molar-refractivity contribution in [3.8, 4) is 0 Å². The Morgan fingerprint density at radius 3 is 2.27 bits per heavy atom. The van der Waals surface area contributed by atoms with Crippen molar-refractivity contribution in [1.29, 1.82) is 0 Å². The molecule has 5 N–H and O–H groups in total. The van der Waals surface area contributed by atoms with Gasteiger partial charge in [0.2, 0.25) is 15.9 Å². The molecule has 2 aromatic heterocycles. The first-order valence-electron chi connectivity index (χ1n) is 14.0. The molecule has 44 heavy (non-hydrogen) atoms. The van der Waals surface area contributed by atoms with Crippen LogP contribution in [-0.4, -0.2) is 52.4 Å². The lowest BCUT2D eigenvalue weighted by Gasteiger charge is -2.22. The molecular formula is C33H27N5O5S. The molecule has 220 valence electrons. The van der Waals surface area contributed by atoms with Crippen molar-refractivity contribution < 1.29 is 23.1 Å². The summed E-state index contributed by atoms with van der Waals surface area (Å²) >= 11 is 0. The van der Waals surface area contributed by atoms with Crippen molar-refractivity contribution in [3.05, 3.63) is 109 Å². The van der Waals surface area contributed by atoms with Gasteiger partial charge in [-0.3, -0.25) is 4.79 Å². The number of H-pyrrole nitrogens is 2. The number of carboxylic acids is 1. The van der Waals surface area contributed by atoms with Gasteiger partial charge in [-0.05, 0) is 51.0 Å². The number of carbonyl (C=O) groups excluding carboxylic acids is 1. The number of hydrogen-bond donors (Lipinski definition) is 5. The molecule has 0 radical (unpaired) electrons. The number of rotatable bonds is 10. The van der Waals surface area contributed by atoms with E-state index in [1.165, 1.54) is 12.5 Å². The summed E-state index contributed by atoms with van der Waals surface area (Å²) in [4.78, 5) is 35.8. The number of nitrogens with zero attached hydrogens (tertiary/aromatic N) is 1. The molecule has 2 atom stereocenters. The third-order valence-electron chi connectivity index (χ3n) is 8.08. The number of carbonyl (C=O) groups is 2. The quantitative estimate of drug-likeness (QED) is 0.145. The van der Waals surface area contributed by atoms with Crippen LogP contribution >= 0.6 is 0 Å². The van der Waals surface area contributed by atoms with E-state index in [0.29, 0.717) is 16.6 Å². The van der Waals surface area contributed by atoms with E-state index in [2.05, 4.69) is 25.0 Å². The van der Waals surface area contributed by atoms with E-state index >= 15 is 0 Å². The largest absolute Gasteiger partial charge is 0.480 e. The number of nitrogens with one attached hydrogen (secondary N) is 4. The zero-order valence-corrected chi connectivity index (χ0v) is 24.1. The van der Waals surface area contributed by atoms with Crippen molar-refractivity contribution in [3.63, 3.8) is 0 Å². The number of fused-ring (bicyclic) bond motifs is 1. The molecule has 7 rings (SSSR count). The number of aliphatic carboxylic acids is 1. The van der Waals surface area contributed by atoms with Crippen LogP contribution in [-0.2, 0) is 32.5 Å². The summed E-state index contributed by atoms with van der Waals surface area (Å²) in [6.45, 7) is 0. The van der Waals surface area contributed by atoms with Crippen LogP contribution in [0.5, 0.6) is 0 Å². The Kier molecular flexibility index (Phi) is 6.75. The summed E-state index contributed by atoms with van der Waals surface area (Å²) in [5, 5.41) is 18.5. The Morgan fingerprint density at radius 1 is 0.795 bits per heavy atom. The summed E-state index contributed by atoms with van der Waals surface area (Å²) in [5.74, 6) is -2.02. The molecule has 0 fully saturated rings. The fourth-order valence-corrected chi connectivity index (χ4v) is 7.39. The highest BCUT2D eigenvalue weighted by Crippen LogP contribution is 2.37. The maximum absolute atomic E-state index is 14.1. The van der Waals surface area contributed by atoms with Crippen molar-refractivity contribution in [1.82, 2.24) is 25.0 Å². The molecule has 7 aromatic rings. The summed E-state index contributed by atoms with van der Waals surface area (Å²) in [5.41, 5.74) is 2.05. The topological polar surface area (TPSA) is 157 Å². The molecule has 0 saturated heterocycles. The molecule has 11 heteroatoms. The second kappa shape index (κ2) is 10.8. The number of benzene rings is 5. The average Bonchev–Trinajstić information content (AvgIpc) is 3.69. The highest BCUT2D eigenvalue weighted by molar-refractivity contribution is 7.89. The van der Waals surface area contributed by atoms with Crippen LogP contribution in [0.15, 0.2) is 102 Å². The monoisotopic (exact) mass is 605 g/mol. The average molecular weight is 606 g/mol. The van der Waals surface area contributed by atoms with Crippen LogP contribution in [0, 0.1) is 0 Å². The van der Waals surface area contributed by atoms with Crippen molar-refractivity contribution in [2.75, 3.05) is 0 Å². The first kappa shape index (κ1) is 27.6. The number of amides is 1. The van der Waals surface area contributed by atoms with Gasteiger partial charge < -0.3 is 20.4 Å². The lowest BCUT2D eigenvalue weighted by molar-refractivity contribution is -0.142. The summed E-state index contributed by atoms with van der Waals surface area (Å²) in [6, 6.07) is 21.8. The van der Waals surface area contributed by atoms with Crippen molar-refractivity contribution >= 4 is 65.1 Å². The molecule has 0 aliphatic rings. The van der Waals surface area contributed by atoms with E-state index in [0.717, 1.165) is 37.8 Å². The zero-order chi connectivity index (χ0) is 30.4. The maximum Gasteiger partial charge on any atom is 0.326 e. The molecule has 0 saturated carbocycles. The van der Waals surface area contributed by atoms with Gasteiger partial charge in [0.05, 0.1) is 11.2 Å². The molecule has 0 bridgehead atoms. The van der Waals surface area contributed by atoms with Crippen LogP contribution in [0.25, 0.3) is 43.2 Å². The molecule has 0 aliphatic carbocycles. The fourth-order valence-electron chi connectivity index (χ4n) is 5.99. The van der Waals surface area contributed by atoms with Crippen molar-refractivity contribution in [2.24, 2.45) is 0 Å². The van der Waals surface area contributed by atoms with Crippen LogP contribution < -0.4 is 10.0 Å². The number of hydrogen-bond acceptors (Lipinski definition) is 5. The van der Waals surface area contributed by atoms with Crippen LogP contribution in [0.4, 0.5) is 0 Å². The molecule has 0 aliphatic heterocycles. The smallest absolute Gasteiger partial charge is 0.326 e. The normalized spacial score (nSPS) is 13.5. The van der Waals surface area contributed by atoms with Gasteiger partial charge in [-0.2, -0.15) is 4.72 Å². The van der Waals surface area contributed by atoms with E-state index in [-0.39, 0.29) is 17.7 Å². The molecule has 5 aromatic carbocycles. The minimum atomic E-state index is -4.28. The number of carboxylic acid groups (broad SMARTS) is 1. The number of para-hydroxylation sites is 1. The van der Waals surface area contributed by atoms with Gasteiger partial charge in [-0.25, -0.2) is 18.2 Å². The van der Waals surface area contributed by atoms with Crippen molar-refractivity contribution in [2.45, 2.75) is 29.8 Å². The number of imidazole rings is 1. The SMILES string of the molecule is O=C(O)[C@H](Cc1cnc[nH]1)NC(=O)[C@H](Cc1c[nH]c2ccccc12)NS(=O)(=O)c1ccc2ccc3cccc4ccc1c2c34. The molecule has 0 unspecified atom stereocenters. The van der Waals surface area contributed by atoms with Crippen LogP contribution in [0.1, 0.15) is 11.3 Å². The van der Waals surface area contributed by atoms with Gasteiger partial charge in [0.25, 0.3) is 0 Å². The maximum atomic E-state index is 14.1. The van der Waals surface area contributed by atoms with Gasteiger partial charge in [0, 0.05) is 40.8 Å². The van der Waals surface area contributed by atoms with Gasteiger partial charge in [-0.1, -0.05) is 66.7 Å².